The largest absolute Gasteiger partial charge is 0.388 e. The van der Waals surface area contributed by atoms with Gasteiger partial charge in [0.1, 0.15) is 0 Å². The standard InChI is InChI=1S/C18H16Cl2O7/c19-13(21)17(25,11-7-3-1-4-8-11)15(23)27-16(24)18(26,14(20)22)12-9-5-2-6-10-12/h1-10,13-14,21-22,25-26H. The average Bonchev–Trinajstić information content (AvgIpc) is 2.67. The molecule has 0 radical (unpaired) electrons. The Labute approximate surface area is 164 Å². The Morgan fingerprint density at radius 3 is 1.30 bits per heavy atom. The maximum absolute atomic E-state index is 12.4. The van der Waals surface area contributed by atoms with Crippen molar-refractivity contribution in [3.8, 4) is 0 Å². The lowest BCUT2D eigenvalue weighted by atomic mass is 9.93. The van der Waals surface area contributed by atoms with Gasteiger partial charge in [-0.3, -0.25) is 0 Å². The fraction of sp³-hybridized carbons (Fsp3) is 0.222. The third-order valence-corrected chi connectivity index (χ3v) is 4.56. The Bertz CT molecular complexity index is 730. The first kappa shape index (κ1) is 21.3. The number of hydrogen-bond acceptors (Lipinski definition) is 7. The normalized spacial score (nSPS) is 17.9. The van der Waals surface area contributed by atoms with E-state index >= 15 is 0 Å². The number of esters is 2. The summed E-state index contributed by atoms with van der Waals surface area (Å²) in [5.41, 5.74) is -10.3. The van der Waals surface area contributed by atoms with E-state index in [1.165, 1.54) is 48.5 Å². The molecule has 0 heterocycles. The van der Waals surface area contributed by atoms with Crippen molar-refractivity contribution in [2.45, 2.75) is 22.3 Å². The molecule has 0 saturated carbocycles. The second kappa shape index (κ2) is 8.35. The first-order valence-electron chi connectivity index (χ1n) is 7.62. The van der Waals surface area contributed by atoms with E-state index in [4.69, 9.17) is 23.2 Å². The fourth-order valence-electron chi connectivity index (χ4n) is 2.33. The summed E-state index contributed by atoms with van der Waals surface area (Å²) < 4.78 is 4.55. The van der Waals surface area contributed by atoms with E-state index in [2.05, 4.69) is 4.74 Å². The molecule has 0 fully saturated rings. The zero-order valence-corrected chi connectivity index (χ0v) is 15.2. The first-order chi connectivity index (χ1) is 12.6. The van der Waals surface area contributed by atoms with Gasteiger partial charge in [-0.15, -0.1) is 0 Å². The van der Waals surface area contributed by atoms with Gasteiger partial charge in [-0.25, -0.2) is 9.59 Å². The third kappa shape index (κ3) is 3.98. The Balaban J connectivity index is 2.38. The smallest absolute Gasteiger partial charge is 0.354 e. The molecule has 4 N–H and O–H groups in total. The summed E-state index contributed by atoms with van der Waals surface area (Å²) in [4.78, 5) is 24.9. The lowest BCUT2D eigenvalue weighted by Gasteiger charge is -2.31. The molecule has 0 aliphatic rings. The summed E-state index contributed by atoms with van der Waals surface area (Å²) in [6.45, 7) is 0. The highest BCUT2D eigenvalue weighted by atomic mass is 35.5. The van der Waals surface area contributed by atoms with Crippen molar-refractivity contribution in [1.29, 1.82) is 0 Å². The molecule has 7 nitrogen and oxygen atoms in total. The Hall–Kier alpha value is -2.00. The van der Waals surface area contributed by atoms with Crippen LogP contribution >= 0.6 is 23.2 Å². The van der Waals surface area contributed by atoms with Gasteiger partial charge in [0.05, 0.1) is 0 Å². The molecular weight excluding hydrogens is 399 g/mol. The zero-order chi connectivity index (χ0) is 20.2. The summed E-state index contributed by atoms with van der Waals surface area (Å²) in [6.07, 6.45) is 0. The third-order valence-electron chi connectivity index (χ3n) is 3.93. The summed E-state index contributed by atoms with van der Waals surface area (Å²) in [6, 6.07) is 14.1. The maximum atomic E-state index is 12.4. The van der Waals surface area contributed by atoms with E-state index in [1.807, 2.05) is 0 Å². The Morgan fingerprint density at radius 1 is 0.741 bits per heavy atom. The van der Waals surface area contributed by atoms with Gasteiger partial charge in [0.25, 0.3) is 0 Å². The van der Waals surface area contributed by atoms with E-state index in [0.717, 1.165) is 0 Å². The molecule has 0 aliphatic carbocycles. The SMILES string of the molecule is O=C(OC(=O)C(O)(c1ccccc1)C(O)Cl)C(O)(c1ccccc1)C(O)Cl. The molecule has 0 spiro atoms. The molecule has 0 aromatic heterocycles. The lowest BCUT2D eigenvalue weighted by Crippen LogP contribution is -2.51. The minimum Gasteiger partial charge on any atom is -0.388 e. The Morgan fingerprint density at radius 2 is 1.04 bits per heavy atom. The van der Waals surface area contributed by atoms with Crippen molar-refractivity contribution in [3.63, 3.8) is 0 Å². The molecule has 2 aromatic rings. The van der Waals surface area contributed by atoms with Crippen molar-refractivity contribution >= 4 is 35.1 Å². The van der Waals surface area contributed by atoms with Crippen molar-refractivity contribution in [2.24, 2.45) is 0 Å². The molecule has 0 aliphatic heterocycles. The topological polar surface area (TPSA) is 124 Å². The fourth-order valence-corrected chi connectivity index (χ4v) is 2.76. The molecule has 4 unspecified atom stereocenters. The second-order valence-corrected chi connectivity index (χ2v) is 6.44. The second-order valence-electron chi connectivity index (χ2n) is 5.61. The van der Waals surface area contributed by atoms with E-state index in [-0.39, 0.29) is 11.1 Å². The number of rotatable bonds is 6. The summed E-state index contributed by atoms with van der Waals surface area (Å²) in [5, 5.41) is 40.5. The van der Waals surface area contributed by atoms with Gasteiger partial charge in [0.15, 0.2) is 11.1 Å². The molecule has 0 saturated heterocycles. The van der Waals surface area contributed by atoms with E-state index in [1.54, 1.807) is 12.1 Å². The van der Waals surface area contributed by atoms with Crippen LogP contribution in [0.1, 0.15) is 11.1 Å². The van der Waals surface area contributed by atoms with Crippen LogP contribution in [0.25, 0.3) is 0 Å². The van der Waals surface area contributed by atoms with Gasteiger partial charge in [-0.1, -0.05) is 83.9 Å². The number of carbonyl (C=O) groups is 2. The zero-order valence-electron chi connectivity index (χ0n) is 13.7. The minimum atomic E-state index is -2.81. The number of halogens is 2. The summed E-state index contributed by atoms with van der Waals surface area (Å²) in [7, 11) is 0. The molecule has 0 bridgehead atoms. The maximum Gasteiger partial charge on any atom is 0.354 e. The predicted molar refractivity (Wildman–Crippen MR) is 95.5 cm³/mol. The molecule has 144 valence electrons. The molecule has 2 rings (SSSR count). The summed E-state index contributed by atoms with van der Waals surface area (Å²) >= 11 is 11.1. The van der Waals surface area contributed by atoms with Crippen LogP contribution in [-0.2, 0) is 25.5 Å². The van der Waals surface area contributed by atoms with Crippen LogP contribution in [0.4, 0.5) is 0 Å². The molecule has 9 heteroatoms. The number of hydrogen-bond donors (Lipinski definition) is 4. The number of carbonyl (C=O) groups excluding carboxylic acids is 2. The van der Waals surface area contributed by atoms with Gasteiger partial charge < -0.3 is 25.2 Å². The highest BCUT2D eigenvalue weighted by molar-refractivity contribution is 6.23. The van der Waals surface area contributed by atoms with Crippen molar-refractivity contribution in [2.75, 3.05) is 0 Å². The quantitative estimate of drug-likeness (QED) is 0.315. The monoisotopic (exact) mass is 414 g/mol. The Kier molecular flexibility index (Phi) is 6.59. The van der Waals surface area contributed by atoms with Crippen molar-refractivity contribution in [3.05, 3.63) is 71.8 Å². The van der Waals surface area contributed by atoms with Gasteiger partial charge >= 0.3 is 11.9 Å². The number of benzene rings is 2. The number of aliphatic hydroxyl groups excluding tert-OH is 2. The van der Waals surface area contributed by atoms with E-state index < -0.39 is 34.3 Å². The van der Waals surface area contributed by atoms with Crippen molar-refractivity contribution < 1.29 is 34.8 Å². The molecule has 2 aromatic carbocycles. The van der Waals surface area contributed by atoms with Crippen LogP contribution < -0.4 is 0 Å². The highest BCUT2D eigenvalue weighted by Crippen LogP contribution is 2.33. The summed E-state index contributed by atoms with van der Waals surface area (Å²) in [5.74, 6) is -3.32. The predicted octanol–water partition coefficient (Wildman–Crippen LogP) is 0.946. The van der Waals surface area contributed by atoms with Crippen LogP contribution in [0.15, 0.2) is 60.7 Å². The van der Waals surface area contributed by atoms with Gasteiger partial charge in [-0.2, -0.15) is 0 Å². The van der Waals surface area contributed by atoms with Crippen LogP contribution in [0.2, 0.25) is 0 Å². The first-order valence-corrected chi connectivity index (χ1v) is 8.49. The highest BCUT2D eigenvalue weighted by Gasteiger charge is 2.52. The van der Waals surface area contributed by atoms with Crippen LogP contribution in [-0.4, -0.2) is 43.5 Å². The van der Waals surface area contributed by atoms with Crippen LogP contribution in [0, 0.1) is 0 Å². The minimum absolute atomic E-state index is 0.153. The number of ether oxygens (including phenoxy) is 1. The van der Waals surface area contributed by atoms with E-state index in [0.29, 0.717) is 0 Å². The molecular formula is C18H16Cl2O7. The number of alkyl halides is 2. The molecule has 4 atom stereocenters. The van der Waals surface area contributed by atoms with Crippen LogP contribution in [0.5, 0.6) is 0 Å². The van der Waals surface area contributed by atoms with Crippen molar-refractivity contribution in [1.82, 2.24) is 0 Å². The number of aliphatic hydroxyl groups is 4. The molecule has 0 amide bonds. The lowest BCUT2D eigenvalue weighted by molar-refractivity contribution is -0.194. The molecule has 27 heavy (non-hydrogen) atoms. The van der Waals surface area contributed by atoms with Crippen LogP contribution in [0.3, 0.4) is 0 Å². The van der Waals surface area contributed by atoms with Gasteiger partial charge in [-0.05, 0) is 11.1 Å². The van der Waals surface area contributed by atoms with E-state index in [9.17, 15) is 30.0 Å². The van der Waals surface area contributed by atoms with Gasteiger partial charge in [0, 0.05) is 0 Å². The average molecular weight is 415 g/mol. The van der Waals surface area contributed by atoms with Gasteiger partial charge in [0.2, 0.25) is 11.2 Å².